The highest BCUT2D eigenvalue weighted by Crippen LogP contribution is 2.29. The van der Waals surface area contributed by atoms with Crippen LogP contribution in [0.25, 0.3) is 0 Å². The van der Waals surface area contributed by atoms with Gasteiger partial charge in [-0.1, -0.05) is 0 Å². The largest absolute Gasteiger partial charge is 0.476 e. The number of carboxylic acids is 1. The Hall–Kier alpha value is -1.28. The standard InChI is InChI=1S/C12H17N3O3S2/c1-12(2)7-15(3-4-20-12)11(18)13-5-9-14-8(6-19-9)10(16)17/h6H,3-5,7H2,1-2H3,(H,13,18)(H,16,17). The number of carbonyl (C=O) groups is 2. The van der Waals surface area contributed by atoms with E-state index < -0.39 is 5.97 Å². The Morgan fingerprint density at radius 3 is 2.90 bits per heavy atom. The van der Waals surface area contributed by atoms with E-state index in [1.807, 2.05) is 11.8 Å². The van der Waals surface area contributed by atoms with E-state index in [1.54, 1.807) is 4.90 Å². The molecule has 2 amide bonds. The van der Waals surface area contributed by atoms with Gasteiger partial charge in [-0.15, -0.1) is 11.3 Å². The van der Waals surface area contributed by atoms with Gasteiger partial charge in [0.05, 0.1) is 6.54 Å². The van der Waals surface area contributed by atoms with E-state index in [9.17, 15) is 9.59 Å². The number of carboxylic acid groups (broad SMARTS) is 1. The molecule has 2 heterocycles. The van der Waals surface area contributed by atoms with Crippen LogP contribution in [0.4, 0.5) is 4.79 Å². The summed E-state index contributed by atoms with van der Waals surface area (Å²) >= 11 is 3.10. The number of aromatic nitrogens is 1. The summed E-state index contributed by atoms with van der Waals surface area (Å²) < 4.78 is 0.0766. The van der Waals surface area contributed by atoms with Crippen molar-refractivity contribution in [2.24, 2.45) is 0 Å². The molecule has 1 aliphatic heterocycles. The number of aromatic carboxylic acids is 1. The minimum atomic E-state index is -1.05. The molecule has 0 unspecified atom stereocenters. The van der Waals surface area contributed by atoms with Crippen molar-refractivity contribution in [2.75, 3.05) is 18.8 Å². The molecule has 0 radical (unpaired) electrons. The molecule has 1 aromatic rings. The van der Waals surface area contributed by atoms with Crippen LogP contribution < -0.4 is 5.32 Å². The van der Waals surface area contributed by atoms with Crippen LogP contribution in [0.5, 0.6) is 0 Å². The van der Waals surface area contributed by atoms with E-state index in [-0.39, 0.29) is 23.0 Å². The zero-order valence-corrected chi connectivity index (χ0v) is 13.0. The van der Waals surface area contributed by atoms with Gasteiger partial charge >= 0.3 is 12.0 Å². The van der Waals surface area contributed by atoms with Gasteiger partial charge in [0.15, 0.2) is 5.69 Å². The smallest absolute Gasteiger partial charge is 0.355 e. The first-order chi connectivity index (χ1) is 9.37. The van der Waals surface area contributed by atoms with E-state index >= 15 is 0 Å². The second-order valence-electron chi connectivity index (χ2n) is 5.12. The Labute approximate surface area is 125 Å². The predicted octanol–water partition coefficient (Wildman–Crippen LogP) is 1.88. The minimum absolute atomic E-state index is 0.0229. The maximum Gasteiger partial charge on any atom is 0.355 e. The molecule has 6 nitrogen and oxygen atoms in total. The van der Waals surface area contributed by atoms with Crippen LogP contribution in [-0.4, -0.2) is 50.6 Å². The van der Waals surface area contributed by atoms with Gasteiger partial charge < -0.3 is 15.3 Å². The SMILES string of the molecule is CC1(C)CN(C(=O)NCc2nc(C(=O)O)cs2)CCS1. The number of thioether (sulfide) groups is 1. The molecule has 0 saturated carbocycles. The molecule has 1 fully saturated rings. The highest BCUT2D eigenvalue weighted by atomic mass is 32.2. The summed E-state index contributed by atoms with van der Waals surface area (Å²) in [6, 6.07) is -0.120. The summed E-state index contributed by atoms with van der Waals surface area (Å²) in [4.78, 5) is 28.5. The number of thiazole rings is 1. The zero-order valence-electron chi connectivity index (χ0n) is 11.4. The molecule has 0 bridgehead atoms. The van der Waals surface area contributed by atoms with Gasteiger partial charge in [0.25, 0.3) is 0 Å². The second-order valence-corrected chi connectivity index (χ2v) is 7.86. The predicted molar refractivity (Wildman–Crippen MR) is 79.4 cm³/mol. The van der Waals surface area contributed by atoms with Crippen LogP contribution in [0.2, 0.25) is 0 Å². The number of hydrogen-bond donors (Lipinski definition) is 2. The Bertz CT molecular complexity index is 516. The van der Waals surface area contributed by atoms with Gasteiger partial charge in [0, 0.05) is 29.0 Å². The fraction of sp³-hybridized carbons (Fsp3) is 0.583. The van der Waals surface area contributed by atoms with Gasteiger partial charge in [-0.3, -0.25) is 0 Å². The van der Waals surface area contributed by atoms with Gasteiger partial charge in [-0.05, 0) is 13.8 Å². The molecule has 8 heteroatoms. The van der Waals surface area contributed by atoms with Gasteiger partial charge in [-0.25, -0.2) is 14.6 Å². The monoisotopic (exact) mass is 315 g/mol. The topological polar surface area (TPSA) is 82.5 Å². The summed E-state index contributed by atoms with van der Waals surface area (Å²) in [5.41, 5.74) is 0.0229. The molecule has 110 valence electrons. The van der Waals surface area contributed by atoms with Crippen molar-refractivity contribution in [1.82, 2.24) is 15.2 Å². The second kappa shape index (κ2) is 6.01. The number of urea groups is 1. The Kier molecular flexibility index (Phi) is 4.54. The van der Waals surface area contributed by atoms with Crippen molar-refractivity contribution in [3.63, 3.8) is 0 Å². The first-order valence-electron chi connectivity index (χ1n) is 6.22. The minimum Gasteiger partial charge on any atom is -0.476 e. The molecule has 20 heavy (non-hydrogen) atoms. The average molecular weight is 315 g/mol. The van der Waals surface area contributed by atoms with Gasteiger partial charge in [-0.2, -0.15) is 11.8 Å². The van der Waals surface area contributed by atoms with E-state index in [0.29, 0.717) is 11.6 Å². The lowest BCUT2D eigenvalue weighted by molar-refractivity contribution is 0.0691. The van der Waals surface area contributed by atoms with Crippen molar-refractivity contribution >= 4 is 35.1 Å². The lowest BCUT2D eigenvalue weighted by Gasteiger charge is -2.37. The summed E-state index contributed by atoms with van der Waals surface area (Å²) in [5.74, 6) is -0.116. The van der Waals surface area contributed by atoms with Crippen LogP contribution >= 0.6 is 23.1 Å². The fourth-order valence-electron chi connectivity index (χ4n) is 1.94. The van der Waals surface area contributed by atoms with Gasteiger partial charge in [0.1, 0.15) is 5.01 Å². The molecule has 1 saturated heterocycles. The Morgan fingerprint density at radius 2 is 2.30 bits per heavy atom. The van der Waals surface area contributed by atoms with Crippen molar-refractivity contribution in [2.45, 2.75) is 25.1 Å². The van der Waals surface area contributed by atoms with Crippen molar-refractivity contribution in [1.29, 1.82) is 0 Å². The number of carbonyl (C=O) groups excluding carboxylic acids is 1. The average Bonchev–Trinajstić information content (AvgIpc) is 2.83. The number of amides is 2. The van der Waals surface area contributed by atoms with Crippen LogP contribution in [0.3, 0.4) is 0 Å². The molecule has 0 aromatic carbocycles. The number of rotatable bonds is 3. The van der Waals surface area contributed by atoms with Crippen LogP contribution in [0, 0.1) is 0 Å². The van der Waals surface area contributed by atoms with Gasteiger partial charge in [0.2, 0.25) is 0 Å². The number of hydrogen-bond acceptors (Lipinski definition) is 5. The third-order valence-corrected chi connectivity index (χ3v) is 5.02. The van der Waals surface area contributed by atoms with Crippen LogP contribution in [0.15, 0.2) is 5.38 Å². The maximum absolute atomic E-state index is 12.1. The van der Waals surface area contributed by atoms with E-state index in [1.165, 1.54) is 16.7 Å². The Morgan fingerprint density at radius 1 is 1.55 bits per heavy atom. The summed E-state index contributed by atoms with van der Waals surface area (Å²) in [6.07, 6.45) is 0. The normalized spacial score (nSPS) is 17.8. The third-order valence-electron chi connectivity index (χ3n) is 2.87. The molecular weight excluding hydrogens is 298 g/mol. The van der Waals surface area contributed by atoms with Crippen molar-refractivity contribution in [3.8, 4) is 0 Å². The fourth-order valence-corrected chi connectivity index (χ4v) is 3.76. The zero-order chi connectivity index (χ0) is 14.8. The lowest BCUT2D eigenvalue weighted by Crippen LogP contribution is -2.49. The molecule has 0 atom stereocenters. The molecule has 0 aliphatic carbocycles. The summed E-state index contributed by atoms with van der Waals surface area (Å²) in [7, 11) is 0. The Balaban J connectivity index is 1.86. The first-order valence-corrected chi connectivity index (χ1v) is 8.08. The van der Waals surface area contributed by atoms with Crippen LogP contribution in [0.1, 0.15) is 29.3 Å². The maximum atomic E-state index is 12.1. The van der Waals surface area contributed by atoms with E-state index in [0.717, 1.165) is 12.3 Å². The third kappa shape index (κ3) is 3.86. The molecule has 0 spiro atoms. The lowest BCUT2D eigenvalue weighted by atomic mass is 10.2. The van der Waals surface area contributed by atoms with Crippen molar-refractivity contribution < 1.29 is 14.7 Å². The van der Waals surface area contributed by atoms with E-state index in [4.69, 9.17) is 5.11 Å². The molecule has 2 N–H and O–H groups in total. The highest BCUT2D eigenvalue weighted by molar-refractivity contribution is 8.00. The summed E-state index contributed by atoms with van der Waals surface area (Å²) in [6.45, 7) is 5.95. The first kappa shape index (κ1) is 15.1. The summed E-state index contributed by atoms with van der Waals surface area (Å²) in [5, 5.41) is 13.6. The molecule has 2 rings (SSSR count). The number of nitrogens with zero attached hydrogens (tertiary/aromatic N) is 2. The molecule has 1 aliphatic rings. The van der Waals surface area contributed by atoms with Crippen LogP contribution in [-0.2, 0) is 6.54 Å². The molecule has 1 aromatic heterocycles. The van der Waals surface area contributed by atoms with Crippen molar-refractivity contribution in [3.05, 3.63) is 16.1 Å². The van der Waals surface area contributed by atoms with E-state index in [2.05, 4.69) is 24.1 Å². The quantitative estimate of drug-likeness (QED) is 0.890. The molecular formula is C12H17N3O3S2. The number of nitrogens with one attached hydrogen (secondary N) is 1. The highest BCUT2D eigenvalue weighted by Gasteiger charge is 2.29.